The number of hydrogen-bond acceptors (Lipinski definition) is 1. The molecule has 0 radical (unpaired) electrons. The van der Waals surface area contributed by atoms with E-state index in [4.69, 9.17) is 0 Å². The maximum Gasteiger partial charge on any atom is 0.191 e. The zero-order valence-electron chi connectivity index (χ0n) is 5.94. The Balaban J connectivity index is 2.39. The molecule has 0 aromatic heterocycles. The highest BCUT2D eigenvalue weighted by Gasteiger charge is 2.03. The fourth-order valence-corrected chi connectivity index (χ4v) is 0.774. The number of hydrogen-bond donors (Lipinski definition) is 2. The lowest BCUT2D eigenvalue weighted by molar-refractivity contribution is 0.821. The van der Waals surface area contributed by atoms with Gasteiger partial charge in [0.2, 0.25) is 0 Å². The van der Waals surface area contributed by atoms with Crippen molar-refractivity contribution in [2.75, 3.05) is 13.1 Å². The third-order valence-electron chi connectivity index (χ3n) is 1.10. The Morgan fingerprint density at radius 2 is 1.89 bits per heavy atom. The maximum atomic E-state index is 4.27. The zero-order valence-corrected chi connectivity index (χ0v) is 5.94. The first-order valence-corrected chi connectivity index (χ1v) is 3.34. The van der Waals surface area contributed by atoms with Crippen molar-refractivity contribution in [2.24, 2.45) is 4.99 Å². The van der Waals surface area contributed by atoms with E-state index in [1.165, 1.54) is 0 Å². The standard InChI is InChI=1S/C6H13N3/c1-5(2)9-6-7-3-4-8-6/h5H,3-4H2,1-2H3,(H2,7,8,9). The summed E-state index contributed by atoms with van der Waals surface area (Å²) in [5.74, 6) is 0.949. The molecule has 2 N–H and O–H groups in total. The van der Waals surface area contributed by atoms with Gasteiger partial charge in [-0.1, -0.05) is 0 Å². The molecule has 0 bridgehead atoms. The maximum absolute atomic E-state index is 4.27. The van der Waals surface area contributed by atoms with E-state index in [1.54, 1.807) is 0 Å². The zero-order chi connectivity index (χ0) is 6.69. The lowest BCUT2D eigenvalue weighted by atomic mass is 10.4. The van der Waals surface area contributed by atoms with Crippen molar-refractivity contribution in [1.82, 2.24) is 10.6 Å². The van der Waals surface area contributed by atoms with Crippen LogP contribution in [0.1, 0.15) is 13.8 Å². The molecule has 0 aromatic carbocycles. The molecule has 1 aliphatic heterocycles. The summed E-state index contributed by atoms with van der Waals surface area (Å²) < 4.78 is 0. The normalized spacial score (nSPS) is 17.4. The Hall–Kier alpha value is -0.730. The van der Waals surface area contributed by atoms with Gasteiger partial charge in [-0.3, -0.25) is 4.99 Å². The third kappa shape index (κ3) is 1.91. The SMILES string of the molecule is CC(C)N=C1NCCN1. The molecule has 3 heteroatoms. The van der Waals surface area contributed by atoms with Crippen LogP contribution < -0.4 is 10.6 Å². The van der Waals surface area contributed by atoms with Crippen LogP contribution in [0.5, 0.6) is 0 Å². The molecule has 0 amide bonds. The van der Waals surface area contributed by atoms with E-state index < -0.39 is 0 Å². The Morgan fingerprint density at radius 3 is 2.33 bits per heavy atom. The molecule has 0 saturated carbocycles. The number of rotatable bonds is 1. The second-order valence-electron chi connectivity index (χ2n) is 2.43. The minimum absolute atomic E-state index is 0.387. The first-order chi connectivity index (χ1) is 4.29. The van der Waals surface area contributed by atoms with Crippen molar-refractivity contribution in [3.63, 3.8) is 0 Å². The Bertz CT molecular complexity index is 109. The lowest BCUT2D eigenvalue weighted by Gasteiger charge is -1.99. The minimum atomic E-state index is 0.387. The molecule has 1 aliphatic rings. The van der Waals surface area contributed by atoms with Gasteiger partial charge in [-0.25, -0.2) is 0 Å². The molecule has 9 heavy (non-hydrogen) atoms. The minimum Gasteiger partial charge on any atom is -0.355 e. The lowest BCUT2D eigenvalue weighted by Crippen LogP contribution is -2.25. The van der Waals surface area contributed by atoms with Gasteiger partial charge in [-0.05, 0) is 13.8 Å². The number of nitrogens with zero attached hydrogens (tertiary/aromatic N) is 1. The summed E-state index contributed by atoms with van der Waals surface area (Å²) in [6.45, 7) is 6.14. The van der Waals surface area contributed by atoms with E-state index >= 15 is 0 Å². The van der Waals surface area contributed by atoms with Gasteiger partial charge in [0.1, 0.15) is 0 Å². The van der Waals surface area contributed by atoms with Gasteiger partial charge in [-0.15, -0.1) is 0 Å². The summed E-state index contributed by atoms with van der Waals surface area (Å²) in [6.07, 6.45) is 0. The Morgan fingerprint density at radius 1 is 1.33 bits per heavy atom. The Kier molecular flexibility index (Phi) is 1.92. The topological polar surface area (TPSA) is 36.4 Å². The van der Waals surface area contributed by atoms with Crippen LogP contribution in [0, 0.1) is 0 Å². The van der Waals surface area contributed by atoms with Crippen molar-refractivity contribution >= 4 is 5.96 Å². The van der Waals surface area contributed by atoms with Gasteiger partial charge in [0.05, 0.1) is 0 Å². The first-order valence-electron chi connectivity index (χ1n) is 3.34. The van der Waals surface area contributed by atoms with Gasteiger partial charge in [0, 0.05) is 19.1 Å². The predicted molar refractivity (Wildman–Crippen MR) is 38.6 cm³/mol. The molecule has 0 spiro atoms. The van der Waals surface area contributed by atoms with Crippen LogP contribution >= 0.6 is 0 Å². The van der Waals surface area contributed by atoms with Crippen LogP contribution in [-0.2, 0) is 0 Å². The molecule has 0 unspecified atom stereocenters. The van der Waals surface area contributed by atoms with Gasteiger partial charge < -0.3 is 10.6 Å². The van der Waals surface area contributed by atoms with Crippen molar-refractivity contribution in [3.8, 4) is 0 Å². The fourth-order valence-electron chi connectivity index (χ4n) is 0.774. The predicted octanol–water partition coefficient (Wildman–Crippen LogP) is -0.0564. The second kappa shape index (κ2) is 2.71. The summed E-state index contributed by atoms with van der Waals surface area (Å²) in [6, 6.07) is 0.387. The van der Waals surface area contributed by atoms with E-state index in [-0.39, 0.29) is 0 Å². The smallest absolute Gasteiger partial charge is 0.191 e. The number of aliphatic imine (C=N–C) groups is 1. The quantitative estimate of drug-likeness (QED) is 0.518. The van der Waals surface area contributed by atoms with Crippen molar-refractivity contribution in [1.29, 1.82) is 0 Å². The largest absolute Gasteiger partial charge is 0.355 e. The van der Waals surface area contributed by atoms with Crippen LogP contribution in [0.4, 0.5) is 0 Å². The van der Waals surface area contributed by atoms with Gasteiger partial charge in [-0.2, -0.15) is 0 Å². The van der Waals surface area contributed by atoms with Crippen LogP contribution in [-0.4, -0.2) is 25.1 Å². The molecule has 52 valence electrons. The summed E-state index contributed by atoms with van der Waals surface area (Å²) >= 11 is 0. The second-order valence-corrected chi connectivity index (χ2v) is 2.43. The first kappa shape index (κ1) is 6.39. The molecule has 0 aliphatic carbocycles. The van der Waals surface area contributed by atoms with Crippen LogP contribution in [0.2, 0.25) is 0 Å². The average molecular weight is 127 g/mol. The van der Waals surface area contributed by atoms with E-state index in [1.807, 2.05) is 0 Å². The van der Waals surface area contributed by atoms with Crippen LogP contribution in [0.15, 0.2) is 4.99 Å². The van der Waals surface area contributed by atoms with E-state index in [9.17, 15) is 0 Å². The summed E-state index contributed by atoms with van der Waals surface area (Å²) in [5, 5.41) is 6.25. The highest BCUT2D eigenvalue weighted by atomic mass is 15.2. The monoisotopic (exact) mass is 127 g/mol. The van der Waals surface area contributed by atoms with E-state index in [0.29, 0.717) is 6.04 Å². The van der Waals surface area contributed by atoms with Crippen LogP contribution in [0.25, 0.3) is 0 Å². The molecular formula is C6H13N3. The summed E-state index contributed by atoms with van der Waals surface area (Å²) in [5.41, 5.74) is 0. The molecular weight excluding hydrogens is 114 g/mol. The third-order valence-corrected chi connectivity index (χ3v) is 1.10. The highest BCUT2D eigenvalue weighted by Crippen LogP contribution is 1.86. The summed E-state index contributed by atoms with van der Waals surface area (Å²) in [4.78, 5) is 4.27. The highest BCUT2D eigenvalue weighted by molar-refractivity contribution is 5.81. The average Bonchev–Trinajstić information content (AvgIpc) is 2.15. The molecule has 1 heterocycles. The van der Waals surface area contributed by atoms with E-state index in [2.05, 4.69) is 29.5 Å². The number of guanidine groups is 1. The molecule has 3 nitrogen and oxygen atoms in total. The van der Waals surface area contributed by atoms with Crippen LogP contribution in [0.3, 0.4) is 0 Å². The van der Waals surface area contributed by atoms with E-state index in [0.717, 1.165) is 19.0 Å². The Labute approximate surface area is 55.6 Å². The fraction of sp³-hybridized carbons (Fsp3) is 0.833. The molecule has 1 fully saturated rings. The van der Waals surface area contributed by atoms with Crippen molar-refractivity contribution in [3.05, 3.63) is 0 Å². The molecule has 0 aromatic rings. The number of nitrogens with one attached hydrogen (secondary N) is 2. The van der Waals surface area contributed by atoms with Crippen molar-refractivity contribution < 1.29 is 0 Å². The van der Waals surface area contributed by atoms with Gasteiger partial charge >= 0.3 is 0 Å². The summed E-state index contributed by atoms with van der Waals surface area (Å²) in [7, 11) is 0. The van der Waals surface area contributed by atoms with Gasteiger partial charge in [0.25, 0.3) is 0 Å². The molecule has 1 rings (SSSR count). The molecule has 1 saturated heterocycles. The molecule has 0 atom stereocenters. The van der Waals surface area contributed by atoms with Crippen molar-refractivity contribution in [2.45, 2.75) is 19.9 Å². The van der Waals surface area contributed by atoms with Gasteiger partial charge in [0.15, 0.2) is 5.96 Å².